The first kappa shape index (κ1) is 16.2. The van der Waals surface area contributed by atoms with E-state index in [1.807, 2.05) is 6.08 Å². The van der Waals surface area contributed by atoms with E-state index < -0.39 is 0 Å². The number of ether oxygens (including phenoxy) is 1. The molecular formula is C15H28O2. The molecule has 0 radical (unpaired) electrons. The van der Waals surface area contributed by atoms with Crippen molar-refractivity contribution in [2.45, 2.75) is 77.7 Å². The van der Waals surface area contributed by atoms with Gasteiger partial charge in [-0.3, -0.25) is 4.79 Å². The van der Waals surface area contributed by atoms with Gasteiger partial charge in [0.2, 0.25) is 0 Å². The van der Waals surface area contributed by atoms with Crippen LogP contribution in [0.1, 0.15) is 71.6 Å². The summed E-state index contributed by atoms with van der Waals surface area (Å²) in [6, 6.07) is 0. The summed E-state index contributed by atoms with van der Waals surface area (Å²) >= 11 is 0. The van der Waals surface area contributed by atoms with Gasteiger partial charge in [-0.1, -0.05) is 45.1 Å². The van der Waals surface area contributed by atoms with Gasteiger partial charge < -0.3 is 4.74 Å². The molecule has 0 aromatic carbocycles. The van der Waals surface area contributed by atoms with Gasteiger partial charge in [0.25, 0.3) is 0 Å². The van der Waals surface area contributed by atoms with Crippen molar-refractivity contribution in [3.05, 3.63) is 12.7 Å². The van der Waals surface area contributed by atoms with Crippen molar-refractivity contribution in [2.24, 2.45) is 0 Å². The summed E-state index contributed by atoms with van der Waals surface area (Å²) in [6.07, 6.45) is 12.5. The van der Waals surface area contributed by atoms with Crippen molar-refractivity contribution in [1.29, 1.82) is 0 Å². The van der Waals surface area contributed by atoms with Gasteiger partial charge in [-0.25, -0.2) is 0 Å². The average Bonchev–Trinajstić information content (AvgIpc) is 2.29. The van der Waals surface area contributed by atoms with Crippen LogP contribution in [0.25, 0.3) is 0 Å². The quantitative estimate of drug-likeness (QED) is 0.299. The number of allylic oxidation sites excluding steroid dienone is 1. The van der Waals surface area contributed by atoms with Crippen LogP contribution in [0.4, 0.5) is 0 Å². The fourth-order valence-corrected chi connectivity index (χ4v) is 1.95. The van der Waals surface area contributed by atoms with Crippen molar-refractivity contribution in [3.63, 3.8) is 0 Å². The highest BCUT2D eigenvalue weighted by Crippen LogP contribution is 2.14. The van der Waals surface area contributed by atoms with E-state index in [-0.39, 0.29) is 12.1 Å². The number of rotatable bonds is 11. The molecule has 0 aliphatic heterocycles. The molecule has 0 saturated heterocycles. The van der Waals surface area contributed by atoms with E-state index in [0.29, 0.717) is 0 Å². The predicted octanol–water partition coefficient (Wildman–Crippen LogP) is 4.63. The van der Waals surface area contributed by atoms with E-state index in [4.69, 9.17) is 4.74 Å². The van der Waals surface area contributed by atoms with Crippen molar-refractivity contribution < 1.29 is 9.53 Å². The SMILES string of the molecule is C=CCCC(CCCCCCCC)OC(C)=O. The second-order valence-corrected chi connectivity index (χ2v) is 4.65. The summed E-state index contributed by atoms with van der Waals surface area (Å²) in [5.74, 6) is -0.162. The van der Waals surface area contributed by atoms with Crippen molar-refractivity contribution in [2.75, 3.05) is 0 Å². The summed E-state index contributed by atoms with van der Waals surface area (Å²) in [6.45, 7) is 7.42. The molecule has 1 atom stereocenters. The average molecular weight is 240 g/mol. The third-order valence-electron chi connectivity index (χ3n) is 2.91. The summed E-state index contributed by atoms with van der Waals surface area (Å²) < 4.78 is 5.29. The Balaban J connectivity index is 3.60. The maximum Gasteiger partial charge on any atom is 0.302 e. The molecule has 0 amide bonds. The van der Waals surface area contributed by atoms with E-state index in [9.17, 15) is 4.79 Å². The highest BCUT2D eigenvalue weighted by atomic mass is 16.5. The largest absolute Gasteiger partial charge is 0.463 e. The Morgan fingerprint density at radius 2 is 1.82 bits per heavy atom. The highest BCUT2D eigenvalue weighted by Gasteiger charge is 2.10. The fourth-order valence-electron chi connectivity index (χ4n) is 1.95. The highest BCUT2D eigenvalue weighted by molar-refractivity contribution is 5.66. The maximum atomic E-state index is 10.9. The summed E-state index contributed by atoms with van der Waals surface area (Å²) in [7, 11) is 0. The summed E-state index contributed by atoms with van der Waals surface area (Å²) in [4.78, 5) is 10.9. The van der Waals surface area contributed by atoms with Gasteiger partial charge in [-0.2, -0.15) is 0 Å². The number of esters is 1. The van der Waals surface area contributed by atoms with Gasteiger partial charge >= 0.3 is 5.97 Å². The van der Waals surface area contributed by atoms with Crippen molar-refractivity contribution in [1.82, 2.24) is 0 Å². The molecule has 0 aromatic rings. The first-order valence-electron chi connectivity index (χ1n) is 6.98. The topological polar surface area (TPSA) is 26.3 Å². The molecule has 0 fully saturated rings. The fraction of sp³-hybridized carbons (Fsp3) is 0.800. The van der Waals surface area contributed by atoms with E-state index in [1.165, 1.54) is 45.4 Å². The van der Waals surface area contributed by atoms with Gasteiger partial charge in [-0.05, 0) is 25.7 Å². The first-order valence-corrected chi connectivity index (χ1v) is 6.98. The molecule has 2 heteroatoms. The lowest BCUT2D eigenvalue weighted by molar-refractivity contribution is -0.146. The van der Waals surface area contributed by atoms with Crippen LogP contribution in [0.2, 0.25) is 0 Å². The van der Waals surface area contributed by atoms with Crippen LogP contribution in [-0.2, 0) is 9.53 Å². The van der Waals surface area contributed by atoms with Crippen LogP contribution in [-0.4, -0.2) is 12.1 Å². The monoisotopic (exact) mass is 240 g/mol. The summed E-state index contributed by atoms with van der Waals surface area (Å²) in [5, 5.41) is 0. The van der Waals surface area contributed by atoms with Gasteiger partial charge in [0.05, 0.1) is 0 Å². The molecule has 0 bridgehead atoms. The van der Waals surface area contributed by atoms with Gasteiger partial charge in [0.1, 0.15) is 6.10 Å². The Kier molecular flexibility index (Phi) is 11.1. The zero-order chi connectivity index (χ0) is 12.9. The second-order valence-electron chi connectivity index (χ2n) is 4.65. The van der Waals surface area contributed by atoms with Crippen LogP contribution in [0.3, 0.4) is 0 Å². The van der Waals surface area contributed by atoms with Crippen LogP contribution < -0.4 is 0 Å². The third-order valence-corrected chi connectivity index (χ3v) is 2.91. The smallest absolute Gasteiger partial charge is 0.302 e. The van der Waals surface area contributed by atoms with E-state index in [0.717, 1.165) is 19.3 Å². The number of hydrogen-bond donors (Lipinski definition) is 0. The molecule has 0 aromatic heterocycles. The standard InChI is InChI=1S/C15H28O2/c1-4-6-8-9-10-11-13-15(12-7-5-2)17-14(3)16/h5,15H,2,4,6-13H2,1,3H3. The van der Waals surface area contributed by atoms with Crippen LogP contribution in [0, 0.1) is 0 Å². The third kappa shape index (κ3) is 11.5. The Bertz CT molecular complexity index is 199. The Morgan fingerprint density at radius 3 is 2.41 bits per heavy atom. The van der Waals surface area contributed by atoms with Crippen LogP contribution >= 0.6 is 0 Å². The molecule has 100 valence electrons. The molecule has 0 aliphatic rings. The van der Waals surface area contributed by atoms with Gasteiger partial charge in [-0.15, -0.1) is 6.58 Å². The van der Waals surface area contributed by atoms with Gasteiger partial charge in [0.15, 0.2) is 0 Å². The Labute approximate surface area is 106 Å². The number of hydrogen-bond acceptors (Lipinski definition) is 2. The second kappa shape index (κ2) is 11.7. The van der Waals surface area contributed by atoms with E-state index >= 15 is 0 Å². The lowest BCUT2D eigenvalue weighted by atomic mass is 10.0. The molecule has 2 nitrogen and oxygen atoms in total. The first-order chi connectivity index (χ1) is 8.20. The lowest BCUT2D eigenvalue weighted by Gasteiger charge is -2.16. The van der Waals surface area contributed by atoms with E-state index in [2.05, 4.69) is 13.5 Å². The minimum Gasteiger partial charge on any atom is -0.463 e. The molecule has 17 heavy (non-hydrogen) atoms. The molecule has 1 unspecified atom stereocenters. The lowest BCUT2D eigenvalue weighted by Crippen LogP contribution is -2.16. The Morgan fingerprint density at radius 1 is 1.18 bits per heavy atom. The minimum atomic E-state index is -0.162. The number of carbonyl (C=O) groups is 1. The normalized spacial score (nSPS) is 12.1. The predicted molar refractivity (Wildman–Crippen MR) is 73.0 cm³/mol. The molecule has 0 spiro atoms. The Hall–Kier alpha value is -0.790. The minimum absolute atomic E-state index is 0.0941. The van der Waals surface area contributed by atoms with E-state index in [1.54, 1.807) is 0 Å². The zero-order valence-corrected chi connectivity index (χ0v) is 11.5. The van der Waals surface area contributed by atoms with Crippen LogP contribution in [0.15, 0.2) is 12.7 Å². The molecule has 0 saturated carbocycles. The molecule has 0 N–H and O–H groups in total. The van der Waals surface area contributed by atoms with Crippen molar-refractivity contribution in [3.8, 4) is 0 Å². The van der Waals surface area contributed by atoms with Gasteiger partial charge in [0, 0.05) is 6.92 Å². The molecule has 0 aliphatic carbocycles. The number of carbonyl (C=O) groups excluding carboxylic acids is 1. The van der Waals surface area contributed by atoms with Crippen LogP contribution in [0.5, 0.6) is 0 Å². The molecule has 0 rings (SSSR count). The summed E-state index contributed by atoms with van der Waals surface area (Å²) in [5.41, 5.74) is 0. The zero-order valence-electron chi connectivity index (χ0n) is 11.5. The molecule has 0 heterocycles. The number of unbranched alkanes of at least 4 members (excludes halogenated alkanes) is 5. The molecular weight excluding hydrogens is 212 g/mol. The maximum absolute atomic E-state index is 10.9. The van der Waals surface area contributed by atoms with Crippen molar-refractivity contribution >= 4 is 5.97 Å².